The number of rotatable bonds is 10. The van der Waals surface area contributed by atoms with E-state index in [1.807, 2.05) is 0 Å². The van der Waals surface area contributed by atoms with Gasteiger partial charge in [-0.25, -0.2) is 0 Å². The molecule has 4 aromatic rings. The molecule has 0 bridgehead atoms. The zero-order chi connectivity index (χ0) is 26.5. The first-order chi connectivity index (χ1) is 17.8. The van der Waals surface area contributed by atoms with Crippen LogP contribution in [0.2, 0.25) is 0 Å². The molecule has 3 nitrogen and oxygen atoms in total. The summed E-state index contributed by atoms with van der Waals surface area (Å²) in [4.78, 5) is 0. The molecule has 0 heterocycles. The van der Waals surface area contributed by atoms with Crippen molar-refractivity contribution < 1.29 is 13.0 Å². The second kappa shape index (κ2) is 15.5. The summed E-state index contributed by atoms with van der Waals surface area (Å²) in [7, 11) is -1.12. The first-order valence-electron chi connectivity index (χ1n) is 12.2. The van der Waals surface area contributed by atoms with Crippen LogP contribution in [0.15, 0.2) is 121 Å². The van der Waals surface area contributed by atoms with Crippen LogP contribution in [0, 0.1) is 0 Å². The molecule has 4 aromatic carbocycles. The van der Waals surface area contributed by atoms with Crippen LogP contribution in [0.4, 0.5) is 0 Å². The van der Waals surface area contributed by atoms with E-state index in [1.54, 1.807) is 0 Å². The van der Waals surface area contributed by atoms with E-state index in [-0.39, 0.29) is 15.8 Å². The largest absolute Gasteiger partial charge is 0.286 e. The highest BCUT2D eigenvalue weighted by Crippen LogP contribution is 2.38. The molecule has 0 saturated carbocycles. The van der Waals surface area contributed by atoms with Gasteiger partial charge in [-0.1, -0.05) is 121 Å². The molecule has 1 atom stereocenters. The Morgan fingerprint density at radius 2 is 0.811 bits per heavy atom. The molecule has 0 aromatic heterocycles. The zero-order valence-corrected chi connectivity index (χ0v) is 24.9. The van der Waals surface area contributed by atoms with E-state index in [9.17, 15) is 8.42 Å². The fraction of sp³-hybridized carbons (Fsp3) is 0.200. The fourth-order valence-electron chi connectivity index (χ4n) is 3.98. The maximum absolute atomic E-state index is 9.19. The SMILES string of the molecule is CS(=O)(=O)O.PC(CCP(c1ccccc1)c1ccccc1)CCP(c1ccccc1)c1ccccc1. The lowest BCUT2D eigenvalue weighted by Gasteiger charge is -2.23. The highest BCUT2D eigenvalue weighted by molar-refractivity contribution is 7.85. The smallest absolute Gasteiger partial charge is 0.261 e. The molecule has 0 saturated heterocycles. The fourth-order valence-corrected chi connectivity index (χ4v) is 9.81. The van der Waals surface area contributed by atoms with Gasteiger partial charge in [0.1, 0.15) is 0 Å². The Morgan fingerprint density at radius 1 is 0.595 bits per heavy atom. The number of benzene rings is 4. The number of hydrogen-bond donors (Lipinski definition) is 1. The molecule has 4 rings (SSSR count). The van der Waals surface area contributed by atoms with Gasteiger partial charge >= 0.3 is 0 Å². The Bertz CT molecular complexity index is 1100. The standard InChI is InChI=1S/C29H31P3.CH4O3S/c30-25(21-23-31(26-13-5-1-6-14-26)27-15-7-2-8-16-27)22-24-32(28-17-9-3-10-18-28)29-19-11-4-12-20-29;1-5(2,3)4/h1-20,25H,21-24,30H2;1H3,(H,2,3,4). The van der Waals surface area contributed by atoms with Crippen LogP contribution in [0.3, 0.4) is 0 Å². The maximum atomic E-state index is 9.19. The lowest BCUT2D eigenvalue weighted by molar-refractivity contribution is 0.490. The van der Waals surface area contributed by atoms with Crippen molar-refractivity contribution in [2.75, 3.05) is 18.6 Å². The Morgan fingerprint density at radius 3 is 1.03 bits per heavy atom. The Hall–Kier alpha value is -1.92. The van der Waals surface area contributed by atoms with E-state index >= 15 is 0 Å². The lowest BCUT2D eigenvalue weighted by Crippen LogP contribution is -2.18. The Kier molecular flexibility index (Phi) is 12.4. The lowest BCUT2D eigenvalue weighted by atomic mass is 10.3. The van der Waals surface area contributed by atoms with Gasteiger partial charge in [-0.15, -0.1) is 9.24 Å². The van der Waals surface area contributed by atoms with E-state index in [1.165, 1.54) is 46.4 Å². The Balaban J connectivity index is 0.000000695. The van der Waals surface area contributed by atoms with Crippen molar-refractivity contribution in [3.63, 3.8) is 0 Å². The van der Waals surface area contributed by atoms with Crippen LogP contribution in [0.1, 0.15) is 12.8 Å². The van der Waals surface area contributed by atoms with Crippen LogP contribution >= 0.6 is 25.1 Å². The molecular formula is C30H35O3P3S. The predicted octanol–water partition coefficient (Wildman–Crippen LogP) is 5.78. The third-order valence-electron chi connectivity index (χ3n) is 5.72. The summed E-state index contributed by atoms with van der Waals surface area (Å²) in [6, 6.07) is 44.4. The monoisotopic (exact) mass is 568 g/mol. The van der Waals surface area contributed by atoms with Gasteiger partial charge in [0, 0.05) is 0 Å². The van der Waals surface area contributed by atoms with Crippen molar-refractivity contribution in [1.82, 2.24) is 0 Å². The van der Waals surface area contributed by atoms with E-state index in [0.29, 0.717) is 11.9 Å². The molecule has 7 heteroatoms. The summed E-state index contributed by atoms with van der Waals surface area (Å²) in [5.74, 6) is 0. The minimum absolute atomic E-state index is 0.305. The van der Waals surface area contributed by atoms with Crippen LogP contribution < -0.4 is 21.2 Å². The van der Waals surface area contributed by atoms with Crippen molar-refractivity contribution in [3.05, 3.63) is 121 Å². The molecule has 1 N–H and O–H groups in total. The summed E-state index contributed by atoms with van der Waals surface area (Å²) in [6.45, 7) is 0. The molecular weight excluding hydrogens is 533 g/mol. The summed E-state index contributed by atoms with van der Waals surface area (Å²) in [5, 5.41) is 5.95. The van der Waals surface area contributed by atoms with Crippen molar-refractivity contribution in [1.29, 1.82) is 0 Å². The first kappa shape index (κ1) is 29.6. The van der Waals surface area contributed by atoms with Crippen molar-refractivity contribution in [3.8, 4) is 0 Å². The summed E-state index contributed by atoms with van der Waals surface area (Å²) in [5.41, 5.74) is 0.643. The van der Waals surface area contributed by atoms with Crippen LogP contribution in [0.5, 0.6) is 0 Å². The van der Waals surface area contributed by atoms with Crippen molar-refractivity contribution in [2.45, 2.75) is 18.5 Å². The second-order valence-electron chi connectivity index (χ2n) is 8.72. The van der Waals surface area contributed by atoms with Gasteiger partial charge in [0.15, 0.2) is 0 Å². The molecule has 194 valence electrons. The van der Waals surface area contributed by atoms with Crippen molar-refractivity contribution >= 4 is 56.4 Å². The average molecular weight is 569 g/mol. The predicted molar refractivity (Wildman–Crippen MR) is 168 cm³/mol. The third-order valence-corrected chi connectivity index (χ3v) is 11.5. The third kappa shape index (κ3) is 11.2. The normalized spacial score (nSPS) is 11.4. The highest BCUT2D eigenvalue weighted by Gasteiger charge is 2.18. The van der Waals surface area contributed by atoms with Crippen LogP contribution in [-0.2, 0) is 10.1 Å². The molecule has 0 aliphatic rings. The molecule has 0 spiro atoms. The van der Waals surface area contributed by atoms with Gasteiger partial charge in [0.05, 0.1) is 6.26 Å². The molecule has 0 radical (unpaired) electrons. The maximum Gasteiger partial charge on any atom is 0.261 e. The summed E-state index contributed by atoms with van der Waals surface area (Å²) in [6.07, 6.45) is 5.69. The minimum Gasteiger partial charge on any atom is -0.286 e. The first-order valence-corrected chi connectivity index (χ1v) is 17.8. The molecule has 1 unspecified atom stereocenters. The summed E-state index contributed by atoms with van der Waals surface area (Å²) < 4.78 is 25.9. The van der Waals surface area contributed by atoms with E-state index < -0.39 is 10.1 Å². The topological polar surface area (TPSA) is 54.4 Å². The van der Waals surface area contributed by atoms with E-state index in [4.69, 9.17) is 4.55 Å². The van der Waals surface area contributed by atoms with Gasteiger partial charge < -0.3 is 0 Å². The van der Waals surface area contributed by atoms with Crippen LogP contribution in [-0.4, -0.2) is 37.2 Å². The molecule has 37 heavy (non-hydrogen) atoms. The molecule has 0 aliphatic heterocycles. The highest BCUT2D eigenvalue weighted by atomic mass is 32.2. The van der Waals surface area contributed by atoms with Gasteiger partial charge in [-0.2, -0.15) is 8.42 Å². The van der Waals surface area contributed by atoms with E-state index in [0.717, 1.165) is 0 Å². The van der Waals surface area contributed by atoms with Crippen molar-refractivity contribution in [2.24, 2.45) is 0 Å². The Labute approximate surface area is 227 Å². The van der Waals surface area contributed by atoms with Crippen LogP contribution in [0.25, 0.3) is 0 Å². The van der Waals surface area contributed by atoms with Gasteiger partial charge in [-0.05, 0) is 67.9 Å². The minimum atomic E-state index is -3.67. The summed E-state index contributed by atoms with van der Waals surface area (Å²) >= 11 is 0. The zero-order valence-electron chi connectivity index (χ0n) is 21.1. The molecule has 0 aliphatic carbocycles. The van der Waals surface area contributed by atoms with Gasteiger partial charge in [-0.3, -0.25) is 4.55 Å². The quantitative estimate of drug-likeness (QED) is 0.195. The van der Waals surface area contributed by atoms with Gasteiger partial charge in [0.25, 0.3) is 10.1 Å². The molecule has 0 amide bonds. The molecule has 0 fully saturated rings. The van der Waals surface area contributed by atoms with E-state index in [2.05, 4.69) is 131 Å². The number of hydrogen-bond acceptors (Lipinski definition) is 2. The second-order valence-corrected chi connectivity index (χ2v) is 15.8. The average Bonchev–Trinajstić information content (AvgIpc) is 2.90. The van der Waals surface area contributed by atoms with Gasteiger partial charge in [0.2, 0.25) is 0 Å².